The van der Waals surface area contributed by atoms with E-state index in [9.17, 15) is 10.1 Å². The van der Waals surface area contributed by atoms with Crippen molar-refractivity contribution in [1.29, 1.82) is 5.26 Å². The van der Waals surface area contributed by atoms with Gasteiger partial charge in [0.05, 0.1) is 32.5 Å². The number of ketones is 1. The summed E-state index contributed by atoms with van der Waals surface area (Å²) in [4.78, 5) is 16.6. The molecule has 1 aromatic carbocycles. The number of aryl methyl sites for hydroxylation is 1. The van der Waals surface area contributed by atoms with Crippen LogP contribution in [0.15, 0.2) is 57.2 Å². The maximum absolute atomic E-state index is 13.6. The van der Waals surface area contributed by atoms with E-state index in [-0.39, 0.29) is 11.2 Å². The maximum Gasteiger partial charge on any atom is 0.162 e. The third-order valence-electron chi connectivity index (χ3n) is 5.82. The monoisotopic (exact) mass is 469 g/mol. The van der Waals surface area contributed by atoms with Gasteiger partial charge < -0.3 is 5.73 Å². The van der Waals surface area contributed by atoms with E-state index >= 15 is 0 Å². The van der Waals surface area contributed by atoms with Gasteiger partial charge in [-0.2, -0.15) is 5.26 Å². The summed E-state index contributed by atoms with van der Waals surface area (Å²) < 4.78 is 1.11. The lowest BCUT2D eigenvalue weighted by atomic mass is 9.69. The number of nitrogens with two attached hydrogens (primary N) is 1. The second-order valence-corrected chi connectivity index (χ2v) is 11.5. The number of carbonyl (C=O) groups excluding carboxylic acids is 1. The van der Waals surface area contributed by atoms with Gasteiger partial charge in [0.2, 0.25) is 0 Å². The Morgan fingerprint density at radius 1 is 1.32 bits per heavy atom. The first kappa shape index (κ1) is 22.0. The van der Waals surface area contributed by atoms with Crippen LogP contribution in [0.5, 0.6) is 0 Å². The van der Waals surface area contributed by atoms with Crippen LogP contribution in [-0.4, -0.2) is 12.0 Å². The van der Waals surface area contributed by atoms with E-state index in [2.05, 4.69) is 26.0 Å². The molecule has 4 rings (SSSR count). The Bertz CT molecular complexity index is 1190. The number of allylic oxidation sites excluding steroid dienone is 3. The molecule has 2 N–H and O–H groups in total. The number of Topliss-reactive ketones (excluding diaryl/α,β-unsaturated/α-hetero) is 1. The fourth-order valence-electron chi connectivity index (χ4n) is 4.60. The predicted octanol–water partition coefficient (Wildman–Crippen LogP) is 6.37. The first-order valence-corrected chi connectivity index (χ1v) is 12.5. The van der Waals surface area contributed by atoms with Gasteiger partial charge >= 0.3 is 0 Å². The molecule has 2 heterocycles. The highest BCUT2D eigenvalue weighted by molar-refractivity contribution is 8.00. The molecular weight excluding hydrogens is 446 g/mol. The number of hydrogen-bond acceptors (Lipinski definition) is 6. The fourth-order valence-corrected chi connectivity index (χ4v) is 6.73. The number of benzene rings is 1. The summed E-state index contributed by atoms with van der Waals surface area (Å²) in [5.41, 5.74) is 10.1. The Labute approximate surface area is 196 Å². The normalized spacial score (nSPS) is 20.7. The lowest BCUT2D eigenvalue weighted by Crippen LogP contribution is -2.42. The molecule has 0 unspecified atom stereocenters. The summed E-state index contributed by atoms with van der Waals surface area (Å²) in [7, 11) is 0. The average Bonchev–Trinajstić information content (AvgIpc) is 3.07. The number of nitrogens with zero attached hydrogens (tertiary/aromatic N) is 2. The number of thioether (sulfide) groups is 1. The summed E-state index contributed by atoms with van der Waals surface area (Å²) >= 11 is 9.87. The Morgan fingerprint density at radius 2 is 2.03 bits per heavy atom. The third kappa shape index (κ3) is 3.69. The van der Waals surface area contributed by atoms with Crippen molar-refractivity contribution >= 4 is 46.2 Å². The number of para-hydroxylation sites is 1. The van der Waals surface area contributed by atoms with E-state index in [1.165, 1.54) is 0 Å². The molecule has 1 atom stereocenters. The number of anilines is 1. The number of thiophene rings is 1. The lowest BCUT2D eigenvalue weighted by Gasteiger charge is -2.44. The van der Waals surface area contributed by atoms with Crippen molar-refractivity contribution in [1.82, 2.24) is 0 Å². The molecule has 0 fully saturated rings. The summed E-state index contributed by atoms with van der Waals surface area (Å²) in [6, 6.07) is 11.8. The molecular formula is C24H24ClN3OS2. The van der Waals surface area contributed by atoms with Gasteiger partial charge in [0.25, 0.3) is 0 Å². The Morgan fingerprint density at radius 3 is 2.68 bits per heavy atom. The van der Waals surface area contributed by atoms with Crippen molar-refractivity contribution in [2.45, 2.75) is 43.7 Å². The highest BCUT2D eigenvalue weighted by Crippen LogP contribution is 2.52. The van der Waals surface area contributed by atoms with Gasteiger partial charge in [-0.1, -0.05) is 37.6 Å². The van der Waals surface area contributed by atoms with Crippen LogP contribution in [0, 0.1) is 23.7 Å². The van der Waals surface area contributed by atoms with Crippen molar-refractivity contribution in [3.63, 3.8) is 0 Å². The molecule has 2 aliphatic rings. The number of nitriles is 1. The zero-order valence-corrected chi connectivity index (χ0v) is 20.3. The van der Waals surface area contributed by atoms with Gasteiger partial charge in [-0.15, -0.1) is 23.1 Å². The van der Waals surface area contributed by atoms with Gasteiger partial charge in [0.15, 0.2) is 5.78 Å². The Kier molecular flexibility index (Phi) is 5.72. The molecule has 0 spiro atoms. The van der Waals surface area contributed by atoms with Crippen molar-refractivity contribution in [2.75, 3.05) is 11.2 Å². The van der Waals surface area contributed by atoms with Crippen LogP contribution in [0.25, 0.3) is 0 Å². The van der Waals surface area contributed by atoms with E-state index in [0.29, 0.717) is 40.5 Å². The zero-order chi connectivity index (χ0) is 22.5. The molecule has 4 nitrogen and oxygen atoms in total. The van der Waals surface area contributed by atoms with Crippen molar-refractivity contribution in [3.8, 4) is 6.07 Å². The molecule has 1 aromatic heterocycles. The summed E-state index contributed by atoms with van der Waals surface area (Å²) in [5.74, 6) is -0.0278. The summed E-state index contributed by atoms with van der Waals surface area (Å²) in [6.07, 6.45) is 3.13. The summed E-state index contributed by atoms with van der Waals surface area (Å²) in [6.45, 7) is 6.24. The number of hydrogen-bond donors (Lipinski definition) is 1. The number of halogens is 1. The van der Waals surface area contributed by atoms with E-state index in [4.69, 9.17) is 17.3 Å². The van der Waals surface area contributed by atoms with Crippen LogP contribution in [0.1, 0.15) is 43.0 Å². The molecule has 0 amide bonds. The minimum atomic E-state index is -0.449. The van der Waals surface area contributed by atoms with Gasteiger partial charge in [-0.25, -0.2) is 0 Å². The number of rotatable bonds is 3. The van der Waals surface area contributed by atoms with Gasteiger partial charge in [-0.05, 0) is 48.8 Å². The first-order chi connectivity index (χ1) is 14.7. The average molecular weight is 470 g/mol. The fraction of sp³-hybridized carbons (Fsp3) is 0.333. The molecule has 1 aliphatic heterocycles. The van der Waals surface area contributed by atoms with Crippen LogP contribution >= 0.6 is 34.7 Å². The third-order valence-corrected chi connectivity index (χ3v) is 8.36. The zero-order valence-electron chi connectivity index (χ0n) is 18.0. The first-order valence-electron chi connectivity index (χ1n) is 10.0. The predicted molar refractivity (Wildman–Crippen MR) is 129 cm³/mol. The molecule has 2 aromatic rings. The van der Waals surface area contributed by atoms with E-state index in [1.807, 2.05) is 36.3 Å². The quantitative estimate of drug-likeness (QED) is 0.528. The molecule has 0 radical (unpaired) electrons. The summed E-state index contributed by atoms with van der Waals surface area (Å²) in [5, 5.41) is 10.7. The van der Waals surface area contributed by atoms with Crippen molar-refractivity contribution in [2.24, 2.45) is 11.1 Å². The van der Waals surface area contributed by atoms with Crippen LogP contribution in [0.2, 0.25) is 5.02 Å². The molecule has 0 bridgehead atoms. The van der Waals surface area contributed by atoms with Crippen LogP contribution in [-0.2, 0) is 4.79 Å². The minimum absolute atomic E-state index is 0.0736. The molecule has 0 saturated carbocycles. The lowest BCUT2D eigenvalue weighted by molar-refractivity contribution is -0.118. The standard InChI is InChI=1S/C24H24ClN3OS2/c1-13-9-14(23(30-4)31-13)20-15(12-26)22(27)28(17-8-6-5-7-16(17)25)18-10-24(2,3)11-19(29)21(18)20/h5-9,20H,10-11,27H2,1-4H3/t20-/m1/s1. The molecule has 31 heavy (non-hydrogen) atoms. The highest BCUT2D eigenvalue weighted by Gasteiger charge is 2.45. The van der Waals surface area contributed by atoms with Crippen LogP contribution in [0.4, 0.5) is 5.69 Å². The van der Waals surface area contributed by atoms with E-state index in [1.54, 1.807) is 29.2 Å². The number of carbonyl (C=O) groups is 1. The molecule has 1 aliphatic carbocycles. The van der Waals surface area contributed by atoms with Gasteiger partial charge in [0, 0.05) is 22.6 Å². The maximum atomic E-state index is 13.6. The SMILES string of the molecule is CSc1sc(C)cc1[C@@H]1C(C#N)=C(N)N(c2ccccc2Cl)C2=C1C(=O)CC(C)(C)C2. The van der Waals surface area contributed by atoms with Gasteiger partial charge in [-0.3, -0.25) is 9.69 Å². The Hall–Kier alpha value is -2.20. The van der Waals surface area contributed by atoms with Gasteiger partial charge in [0.1, 0.15) is 5.82 Å². The molecule has 7 heteroatoms. The largest absolute Gasteiger partial charge is 0.384 e. The van der Waals surface area contributed by atoms with Crippen molar-refractivity contribution < 1.29 is 4.79 Å². The highest BCUT2D eigenvalue weighted by atomic mass is 35.5. The van der Waals surface area contributed by atoms with Crippen LogP contribution in [0.3, 0.4) is 0 Å². The van der Waals surface area contributed by atoms with Crippen molar-refractivity contribution in [3.05, 3.63) is 68.5 Å². The second-order valence-electron chi connectivity index (χ2n) is 8.74. The minimum Gasteiger partial charge on any atom is -0.384 e. The van der Waals surface area contributed by atoms with E-state index in [0.717, 1.165) is 20.3 Å². The smallest absolute Gasteiger partial charge is 0.162 e. The molecule has 160 valence electrons. The van der Waals surface area contributed by atoms with Crippen LogP contribution < -0.4 is 10.6 Å². The van der Waals surface area contributed by atoms with E-state index < -0.39 is 5.92 Å². The topological polar surface area (TPSA) is 70.1 Å². The Balaban J connectivity index is 2.04. The molecule has 0 saturated heterocycles. The second kappa shape index (κ2) is 8.05.